The Hall–Kier alpha value is -3.80. The number of anilines is 2. The molecule has 39 heavy (non-hydrogen) atoms. The molecule has 1 fully saturated rings. The van der Waals surface area contributed by atoms with Crippen molar-refractivity contribution in [2.75, 3.05) is 44.1 Å². The number of hydrogen-bond acceptors (Lipinski definition) is 9. The first-order chi connectivity index (χ1) is 18.7. The molecule has 5 rings (SSSR count). The average Bonchev–Trinajstić information content (AvgIpc) is 3.25. The van der Waals surface area contributed by atoms with E-state index in [0.29, 0.717) is 52.5 Å². The Kier molecular flexibility index (Phi) is 7.65. The first-order valence-corrected chi connectivity index (χ1v) is 13.0. The van der Waals surface area contributed by atoms with Gasteiger partial charge in [0.15, 0.2) is 0 Å². The lowest BCUT2D eigenvalue weighted by atomic mass is 10.0. The van der Waals surface area contributed by atoms with E-state index in [1.54, 1.807) is 19.1 Å². The fraction of sp³-hybridized carbons (Fsp3) is 0.370. The van der Waals surface area contributed by atoms with Gasteiger partial charge in [0, 0.05) is 31.8 Å². The summed E-state index contributed by atoms with van der Waals surface area (Å²) in [4.78, 5) is 43.2. The monoisotopic (exact) mass is 551 g/mol. The number of aliphatic hydroxyl groups is 1. The Labute approximate surface area is 231 Å². The highest BCUT2D eigenvalue weighted by molar-refractivity contribution is 6.33. The van der Waals surface area contributed by atoms with Crippen LogP contribution in [0.5, 0.6) is 0 Å². The van der Waals surface area contributed by atoms with Crippen molar-refractivity contribution in [3.8, 4) is 11.3 Å². The minimum atomic E-state index is -0.775. The average molecular weight is 552 g/mol. The summed E-state index contributed by atoms with van der Waals surface area (Å²) < 4.78 is 5.19. The smallest absolute Gasteiger partial charge is 0.255 e. The van der Waals surface area contributed by atoms with E-state index in [1.807, 2.05) is 43.3 Å². The zero-order valence-corrected chi connectivity index (χ0v) is 22.6. The van der Waals surface area contributed by atoms with Gasteiger partial charge in [0.25, 0.3) is 5.91 Å². The molecule has 2 aliphatic heterocycles. The Balaban J connectivity index is 1.31. The van der Waals surface area contributed by atoms with Crippen LogP contribution in [0.15, 0.2) is 42.6 Å². The number of ether oxygens (including phenoxy) is 1. The molecule has 11 nitrogen and oxygen atoms in total. The molecule has 1 saturated heterocycles. The molecule has 2 aromatic heterocycles. The zero-order chi connectivity index (χ0) is 27.7. The third-order valence-electron chi connectivity index (χ3n) is 6.85. The lowest BCUT2D eigenvalue weighted by Gasteiger charge is -2.26. The predicted molar refractivity (Wildman–Crippen MR) is 147 cm³/mol. The number of fused-ring (bicyclic) bond motifs is 1. The third kappa shape index (κ3) is 5.51. The van der Waals surface area contributed by atoms with Gasteiger partial charge in [-0.15, -0.1) is 0 Å². The van der Waals surface area contributed by atoms with Gasteiger partial charge in [-0.3, -0.25) is 9.59 Å². The van der Waals surface area contributed by atoms with E-state index < -0.39 is 12.1 Å². The molecule has 2 atom stereocenters. The van der Waals surface area contributed by atoms with Crippen LogP contribution < -0.4 is 15.5 Å². The minimum absolute atomic E-state index is 0.153. The second-order valence-corrected chi connectivity index (χ2v) is 10.2. The van der Waals surface area contributed by atoms with Gasteiger partial charge in [-0.25, -0.2) is 15.0 Å². The summed E-state index contributed by atoms with van der Waals surface area (Å²) in [5.41, 5.74) is 3.01. The molecule has 0 bridgehead atoms. The van der Waals surface area contributed by atoms with Gasteiger partial charge in [0.05, 0.1) is 54.5 Å². The number of rotatable bonds is 9. The number of benzene rings is 1. The van der Waals surface area contributed by atoms with Crippen LogP contribution in [0.25, 0.3) is 11.3 Å². The highest BCUT2D eigenvalue weighted by Gasteiger charge is 2.35. The molecule has 204 valence electrons. The molecule has 4 heterocycles. The maximum absolute atomic E-state index is 13.4. The van der Waals surface area contributed by atoms with Crippen LogP contribution in [-0.2, 0) is 16.1 Å². The van der Waals surface area contributed by atoms with E-state index in [9.17, 15) is 14.7 Å². The van der Waals surface area contributed by atoms with E-state index in [2.05, 4.69) is 25.6 Å². The molecular formula is C27H30ClN7O4. The zero-order valence-electron chi connectivity index (χ0n) is 21.9. The summed E-state index contributed by atoms with van der Waals surface area (Å²) in [5.74, 6) is 0.489. The minimum Gasteiger partial charge on any atom is -0.394 e. The van der Waals surface area contributed by atoms with Gasteiger partial charge in [-0.2, -0.15) is 0 Å². The maximum atomic E-state index is 13.4. The predicted octanol–water partition coefficient (Wildman–Crippen LogP) is 2.26. The topological polar surface area (TPSA) is 133 Å². The molecule has 0 aliphatic carbocycles. The lowest BCUT2D eigenvalue weighted by Crippen LogP contribution is -2.47. The number of nitrogens with zero attached hydrogens (tertiary/aromatic N) is 5. The summed E-state index contributed by atoms with van der Waals surface area (Å²) in [5, 5.41) is 16.4. The summed E-state index contributed by atoms with van der Waals surface area (Å²) in [6.45, 7) is 2.81. The summed E-state index contributed by atoms with van der Waals surface area (Å²) in [6.07, 6.45) is 1.53. The quantitative estimate of drug-likeness (QED) is 0.366. The molecule has 0 radical (unpaired) electrons. The normalized spacial score (nSPS) is 16.3. The number of aromatic nitrogens is 3. The maximum Gasteiger partial charge on any atom is 0.255 e. The van der Waals surface area contributed by atoms with E-state index in [-0.39, 0.29) is 31.0 Å². The lowest BCUT2D eigenvalue weighted by molar-refractivity contribution is -0.126. The number of carbonyl (C=O) groups is 2. The van der Waals surface area contributed by atoms with Crippen LogP contribution in [0.1, 0.15) is 34.6 Å². The first kappa shape index (κ1) is 26.8. The molecule has 0 saturated carbocycles. The molecule has 3 N–H and O–H groups in total. The van der Waals surface area contributed by atoms with Crippen molar-refractivity contribution in [2.24, 2.45) is 0 Å². The van der Waals surface area contributed by atoms with E-state index in [0.717, 1.165) is 5.56 Å². The van der Waals surface area contributed by atoms with Crippen LogP contribution in [0.4, 0.5) is 11.8 Å². The van der Waals surface area contributed by atoms with E-state index in [1.165, 1.54) is 11.1 Å². The number of carbonyl (C=O) groups excluding carboxylic acids is 2. The van der Waals surface area contributed by atoms with Gasteiger partial charge in [-0.1, -0.05) is 29.8 Å². The van der Waals surface area contributed by atoms with Crippen molar-refractivity contribution in [3.05, 3.63) is 64.4 Å². The van der Waals surface area contributed by atoms with Gasteiger partial charge >= 0.3 is 0 Å². The molecule has 2 amide bonds. The number of hydrogen-bond donors (Lipinski definition) is 3. The molecule has 2 unspecified atom stereocenters. The van der Waals surface area contributed by atoms with E-state index in [4.69, 9.17) is 16.3 Å². The van der Waals surface area contributed by atoms with Crippen LogP contribution in [0, 0.1) is 0 Å². The van der Waals surface area contributed by atoms with E-state index >= 15 is 0 Å². The fourth-order valence-electron chi connectivity index (χ4n) is 4.45. The van der Waals surface area contributed by atoms with Crippen molar-refractivity contribution < 1.29 is 19.4 Å². The number of halogens is 1. The standard InChI is InChI=1S/C27H30ClN7O4/c1-15(25(37)32-22(12-36)21-5-4-6-23(31-21)34(2)3)35-11-17-8-7-16(9-19(17)26(35)38)24-20(28)10-29-27(33-24)30-18-13-39-14-18/h4-10,15,18,22,36H,11-14H2,1-3H3,(H,32,37)(H,29,30,33). The Morgan fingerprint density at radius 3 is 2.74 bits per heavy atom. The Morgan fingerprint density at radius 1 is 1.26 bits per heavy atom. The Morgan fingerprint density at radius 2 is 2.05 bits per heavy atom. The van der Waals surface area contributed by atoms with Crippen LogP contribution in [0.3, 0.4) is 0 Å². The van der Waals surface area contributed by atoms with Crippen LogP contribution in [-0.4, -0.2) is 82.8 Å². The van der Waals surface area contributed by atoms with Crippen molar-refractivity contribution in [2.45, 2.75) is 31.6 Å². The van der Waals surface area contributed by atoms with Crippen molar-refractivity contribution >= 4 is 35.2 Å². The Bertz CT molecular complexity index is 1400. The highest BCUT2D eigenvalue weighted by atomic mass is 35.5. The second kappa shape index (κ2) is 11.1. The summed E-state index contributed by atoms with van der Waals surface area (Å²) >= 11 is 6.41. The van der Waals surface area contributed by atoms with Crippen molar-refractivity contribution in [1.29, 1.82) is 0 Å². The third-order valence-corrected chi connectivity index (χ3v) is 7.12. The molecule has 3 aromatic rings. The molecule has 12 heteroatoms. The highest BCUT2D eigenvalue weighted by Crippen LogP contribution is 2.32. The largest absolute Gasteiger partial charge is 0.394 e. The molecular weight excluding hydrogens is 522 g/mol. The summed E-state index contributed by atoms with van der Waals surface area (Å²) in [7, 11) is 3.73. The first-order valence-electron chi connectivity index (χ1n) is 12.6. The number of nitrogens with one attached hydrogen (secondary N) is 2. The van der Waals surface area contributed by atoms with Gasteiger partial charge in [-0.05, 0) is 30.7 Å². The van der Waals surface area contributed by atoms with Crippen molar-refractivity contribution in [1.82, 2.24) is 25.2 Å². The van der Waals surface area contributed by atoms with Crippen LogP contribution >= 0.6 is 11.6 Å². The van der Waals surface area contributed by atoms with Crippen molar-refractivity contribution in [3.63, 3.8) is 0 Å². The second-order valence-electron chi connectivity index (χ2n) is 9.81. The SMILES string of the molecule is CC(C(=O)NC(CO)c1cccc(N(C)C)n1)N1Cc2ccc(-c3nc(NC4COC4)ncc3Cl)cc2C1=O. The molecule has 0 spiro atoms. The summed E-state index contributed by atoms with van der Waals surface area (Å²) in [6, 6.07) is 9.53. The fourth-order valence-corrected chi connectivity index (χ4v) is 4.65. The molecule has 2 aliphatic rings. The van der Waals surface area contributed by atoms with Gasteiger partial charge in [0.1, 0.15) is 11.9 Å². The van der Waals surface area contributed by atoms with Gasteiger partial charge in [0.2, 0.25) is 11.9 Å². The number of aliphatic hydroxyl groups excluding tert-OH is 1. The number of pyridine rings is 1. The van der Waals surface area contributed by atoms with Gasteiger partial charge < -0.3 is 30.3 Å². The van der Waals surface area contributed by atoms with Crippen LogP contribution in [0.2, 0.25) is 5.02 Å². The number of amides is 2. The molecule has 1 aromatic carbocycles.